The van der Waals surface area contributed by atoms with Crippen molar-refractivity contribution in [2.24, 2.45) is 0 Å². The summed E-state index contributed by atoms with van der Waals surface area (Å²) in [4.78, 5) is 11.0. The number of thiophene rings is 1. The number of rotatable bonds is 2. The van der Waals surface area contributed by atoms with E-state index in [0.29, 0.717) is 11.5 Å². The molecular formula is C48H25N3O2S. The second-order valence-corrected chi connectivity index (χ2v) is 15.1. The molecule has 5 heterocycles. The zero-order chi connectivity index (χ0) is 35.1. The summed E-state index contributed by atoms with van der Waals surface area (Å²) < 4.78 is 18.3. The normalized spacial score (nSPS) is 12.4. The Morgan fingerprint density at radius 2 is 1.09 bits per heavy atom. The van der Waals surface area contributed by atoms with E-state index >= 15 is 0 Å². The third-order valence-electron chi connectivity index (χ3n) is 11.2. The lowest BCUT2D eigenvalue weighted by atomic mass is 9.97. The smallest absolute Gasteiger partial charge is 0.236 e. The molecular weight excluding hydrogens is 683 g/mol. The molecule has 0 bridgehead atoms. The number of furan rings is 2. The first-order chi connectivity index (χ1) is 26.8. The molecule has 8 aromatic carbocycles. The van der Waals surface area contributed by atoms with Crippen LogP contribution in [0, 0.1) is 0 Å². The number of nitrogens with zero attached hydrogens (tertiary/aromatic N) is 3. The van der Waals surface area contributed by atoms with Crippen LogP contribution in [0.1, 0.15) is 0 Å². The molecule has 0 fully saturated rings. The summed E-state index contributed by atoms with van der Waals surface area (Å²) in [5.41, 5.74) is 7.64. The highest BCUT2D eigenvalue weighted by Crippen LogP contribution is 2.48. The summed E-state index contributed by atoms with van der Waals surface area (Å²) >= 11 is 1.80. The molecule has 0 amide bonds. The fourth-order valence-electron chi connectivity index (χ4n) is 8.98. The van der Waals surface area contributed by atoms with E-state index in [1.54, 1.807) is 11.3 Å². The van der Waals surface area contributed by atoms with Crippen molar-refractivity contribution in [2.45, 2.75) is 0 Å². The van der Waals surface area contributed by atoms with Crippen molar-refractivity contribution in [3.63, 3.8) is 0 Å². The molecule has 0 radical (unpaired) electrons. The van der Waals surface area contributed by atoms with Gasteiger partial charge in [-0.3, -0.25) is 4.57 Å². The zero-order valence-electron chi connectivity index (χ0n) is 28.5. The topological polar surface area (TPSA) is 57.0 Å². The van der Waals surface area contributed by atoms with E-state index in [2.05, 4.69) is 132 Å². The zero-order valence-corrected chi connectivity index (χ0v) is 29.3. The van der Waals surface area contributed by atoms with E-state index in [1.807, 2.05) is 24.3 Å². The van der Waals surface area contributed by atoms with E-state index in [-0.39, 0.29) is 0 Å². The predicted octanol–water partition coefficient (Wildman–Crippen LogP) is 13.7. The summed E-state index contributed by atoms with van der Waals surface area (Å²) in [6.07, 6.45) is 0. The minimum absolute atomic E-state index is 0.563. The molecule has 0 saturated carbocycles. The van der Waals surface area contributed by atoms with Gasteiger partial charge >= 0.3 is 0 Å². The molecule has 13 rings (SSSR count). The lowest BCUT2D eigenvalue weighted by Crippen LogP contribution is -2.03. The van der Waals surface area contributed by atoms with Gasteiger partial charge in [0.15, 0.2) is 11.2 Å². The number of hydrogen-bond acceptors (Lipinski definition) is 5. The molecule has 54 heavy (non-hydrogen) atoms. The Bertz CT molecular complexity index is 3750. The van der Waals surface area contributed by atoms with Crippen LogP contribution in [-0.4, -0.2) is 14.5 Å². The second-order valence-electron chi connectivity index (χ2n) is 14.0. The first kappa shape index (κ1) is 28.6. The number of benzene rings is 8. The first-order valence-corrected chi connectivity index (χ1v) is 18.9. The predicted molar refractivity (Wildman–Crippen MR) is 224 cm³/mol. The Labute approximate surface area is 309 Å². The van der Waals surface area contributed by atoms with Crippen molar-refractivity contribution >= 4 is 119 Å². The molecule has 0 aliphatic heterocycles. The third-order valence-corrected chi connectivity index (χ3v) is 12.3. The minimum Gasteiger partial charge on any atom is -0.454 e. The Balaban J connectivity index is 1.28. The summed E-state index contributed by atoms with van der Waals surface area (Å²) in [7, 11) is 0. The third kappa shape index (κ3) is 3.62. The van der Waals surface area contributed by atoms with Crippen molar-refractivity contribution in [1.82, 2.24) is 14.5 Å². The Morgan fingerprint density at radius 3 is 1.94 bits per heavy atom. The molecule has 0 saturated heterocycles. The number of para-hydroxylation sites is 2. The number of aromatic nitrogens is 3. The molecule has 0 atom stereocenters. The minimum atomic E-state index is 0.563. The lowest BCUT2D eigenvalue weighted by molar-refractivity contribution is 0.666. The molecule has 0 spiro atoms. The van der Waals surface area contributed by atoms with Gasteiger partial charge in [0.1, 0.15) is 27.9 Å². The Morgan fingerprint density at radius 1 is 0.444 bits per heavy atom. The van der Waals surface area contributed by atoms with Gasteiger partial charge in [-0.05, 0) is 57.9 Å². The van der Waals surface area contributed by atoms with Crippen LogP contribution in [0.15, 0.2) is 160 Å². The van der Waals surface area contributed by atoms with Crippen LogP contribution in [0.2, 0.25) is 0 Å². The van der Waals surface area contributed by atoms with Gasteiger partial charge in [-0.2, -0.15) is 0 Å². The molecule has 13 aromatic rings. The monoisotopic (exact) mass is 707 g/mol. The van der Waals surface area contributed by atoms with E-state index in [9.17, 15) is 0 Å². The highest BCUT2D eigenvalue weighted by Gasteiger charge is 2.27. The van der Waals surface area contributed by atoms with Crippen molar-refractivity contribution in [1.29, 1.82) is 0 Å². The maximum atomic E-state index is 6.94. The van der Waals surface area contributed by atoms with Crippen LogP contribution in [0.3, 0.4) is 0 Å². The fourth-order valence-corrected chi connectivity index (χ4v) is 10.1. The van der Waals surface area contributed by atoms with Crippen LogP contribution in [0.4, 0.5) is 0 Å². The standard InChI is InChI=1S/C48H25N3O2S/c1-2-13-27-26(12-1)24-25-34-41(27)42-29-15-4-3-14-28(29)40-30-16-5-8-20-35(30)52-46(40)45(42)51(34)48-49-43-31-17-6-9-21-36(31)53-47(43)44(50-48)33-19-11-23-38-39(33)32-18-7-10-22-37(32)54-38/h1-25H. The second kappa shape index (κ2) is 10.3. The van der Waals surface area contributed by atoms with Gasteiger partial charge in [-0.15, -0.1) is 11.3 Å². The number of fused-ring (bicyclic) bond motifs is 18. The maximum Gasteiger partial charge on any atom is 0.236 e. The maximum absolute atomic E-state index is 6.94. The van der Waals surface area contributed by atoms with E-state index in [0.717, 1.165) is 82.3 Å². The molecule has 5 aromatic heterocycles. The van der Waals surface area contributed by atoms with Crippen LogP contribution in [0.25, 0.3) is 125 Å². The average molecular weight is 708 g/mol. The average Bonchev–Trinajstić information content (AvgIpc) is 3.99. The van der Waals surface area contributed by atoms with Gasteiger partial charge < -0.3 is 8.83 Å². The largest absolute Gasteiger partial charge is 0.454 e. The lowest BCUT2D eigenvalue weighted by Gasteiger charge is -2.11. The van der Waals surface area contributed by atoms with E-state index in [1.165, 1.54) is 30.9 Å². The fraction of sp³-hybridized carbons (Fsp3) is 0. The Kier molecular flexibility index (Phi) is 5.45. The van der Waals surface area contributed by atoms with Gasteiger partial charge in [0.2, 0.25) is 5.95 Å². The SMILES string of the molecule is c1ccc2c(c1)ccc1c2c2c3ccccc3c3c4ccccc4oc3c2n1-c1nc(-c2cccc3sc4ccccc4c23)c2oc3ccccc3c2n1. The van der Waals surface area contributed by atoms with Crippen molar-refractivity contribution < 1.29 is 8.83 Å². The van der Waals surface area contributed by atoms with Crippen molar-refractivity contribution in [3.05, 3.63) is 152 Å². The highest BCUT2D eigenvalue weighted by molar-refractivity contribution is 7.25. The molecule has 0 unspecified atom stereocenters. The van der Waals surface area contributed by atoms with Gasteiger partial charge in [0.05, 0.1) is 5.52 Å². The van der Waals surface area contributed by atoms with E-state index < -0.39 is 0 Å². The molecule has 6 heteroatoms. The van der Waals surface area contributed by atoms with Gasteiger partial charge in [0, 0.05) is 52.7 Å². The van der Waals surface area contributed by atoms with Crippen LogP contribution in [0.5, 0.6) is 0 Å². The van der Waals surface area contributed by atoms with Gasteiger partial charge in [-0.25, -0.2) is 9.97 Å². The summed E-state index contributed by atoms with van der Waals surface area (Å²) in [5, 5.41) is 12.4. The van der Waals surface area contributed by atoms with Crippen molar-refractivity contribution in [3.8, 4) is 17.2 Å². The molecule has 5 nitrogen and oxygen atoms in total. The quantitative estimate of drug-likeness (QED) is 0.179. The van der Waals surface area contributed by atoms with E-state index in [4.69, 9.17) is 18.8 Å². The summed E-state index contributed by atoms with van der Waals surface area (Å²) in [5.74, 6) is 0.563. The molecule has 250 valence electrons. The Hall–Kier alpha value is -7.02. The van der Waals surface area contributed by atoms with Crippen LogP contribution < -0.4 is 0 Å². The van der Waals surface area contributed by atoms with Gasteiger partial charge in [-0.1, -0.05) is 115 Å². The van der Waals surface area contributed by atoms with Gasteiger partial charge in [0.25, 0.3) is 0 Å². The summed E-state index contributed by atoms with van der Waals surface area (Å²) in [6, 6.07) is 53.4. The first-order valence-electron chi connectivity index (χ1n) is 18.1. The van der Waals surface area contributed by atoms with Crippen LogP contribution in [-0.2, 0) is 0 Å². The van der Waals surface area contributed by atoms with Crippen molar-refractivity contribution in [2.75, 3.05) is 0 Å². The molecule has 0 N–H and O–H groups in total. The highest BCUT2D eigenvalue weighted by atomic mass is 32.1. The summed E-state index contributed by atoms with van der Waals surface area (Å²) in [6.45, 7) is 0. The number of hydrogen-bond donors (Lipinski definition) is 0. The molecule has 0 aliphatic carbocycles. The van der Waals surface area contributed by atoms with Crippen LogP contribution >= 0.6 is 11.3 Å². The molecule has 0 aliphatic rings.